The summed E-state index contributed by atoms with van der Waals surface area (Å²) < 4.78 is 5.27. The largest absolute Gasteiger partial charge is 0.454 e. The molecule has 0 aromatic heterocycles. The van der Waals surface area contributed by atoms with E-state index in [0.29, 0.717) is 0 Å². The molecule has 0 radical (unpaired) electrons. The van der Waals surface area contributed by atoms with Gasteiger partial charge < -0.3 is 15.4 Å². The van der Waals surface area contributed by atoms with Crippen LogP contribution in [0.15, 0.2) is 84.9 Å². The molecule has 0 aliphatic rings. The van der Waals surface area contributed by atoms with Crippen LogP contribution in [-0.4, -0.2) is 30.4 Å². The van der Waals surface area contributed by atoms with Gasteiger partial charge >= 0.3 is 5.97 Å². The molecule has 0 aliphatic heterocycles. The molecule has 6 nitrogen and oxygen atoms in total. The second kappa shape index (κ2) is 12.0. The van der Waals surface area contributed by atoms with E-state index in [0.717, 1.165) is 11.1 Å². The van der Waals surface area contributed by atoms with Crippen molar-refractivity contribution in [1.82, 2.24) is 10.6 Å². The molecule has 1 atom stereocenters. The minimum absolute atomic E-state index is 0.258. The summed E-state index contributed by atoms with van der Waals surface area (Å²) >= 11 is 6.08. The first-order chi connectivity index (χ1) is 16.4. The molecule has 7 heteroatoms. The van der Waals surface area contributed by atoms with Crippen molar-refractivity contribution in [2.24, 2.45) is 5.92 Å². The Kier molecular flexibility index (Phi) is 8.82. The van der Waals surface area contributed by atoms with Crippen LogP contribution in [0.2, 0.25) is 5.02 Å². The van der Waals surface area contributed by atoms with Gasteiger partial charge in [-0.1, -0.05) is 98.2 Å². The van der Waals surface area contributed by atoms with E-state index in [1.165, 1.54) is 0 Å². The number of ether oxygens (including phenoxy) is 1. The molecule has 1 unspecified atom stereocenters. The number of amides is 2. The summed E-state index contributed by atoms with van der Waals surface area (Å²) in [5, 5.41) is 5.87. The van der Waals surface area contributed by atoms with Gasteiger partial charge in [-0.3, -0.25) is 9.59 Å². The Balaban J connectivity index is 1.64. The van der Waals surface area contributed by atoms with Crippen LogP contribution >= 0.6 is 11.6 Å². The highest BCUT2D eigenvalue weighted by Crippen LogP contribution is 2.21. The van der Waals surface area contributed by atoms with Crippen LogP contribution in [0.25, 0.3) is 0 Å². The number of carbonyl (C=O) groups excluding carboxylic acids is 3. The number of benzene rings is 3. The molecule has 0 heterocycles. The molecule has 3 aromatic rings. The Hall–Kier alpha value is -3.64. The van der Waals surface area contributed by atoms with Crippen LogP contribution in [0.4, 0.5) is 0 Å². The third-order valence-corrected chi connectivity index (χ3v) is 5.57. The molecule has 3 aromatic carbocycles. The summed E-state index contributed by atoms with van der Waals surface area (Å²) in [6.45, 7) is 3.08. The molecule has 176 valence electrons. The zero-order chi connectivity index (χ0) is 24.5. The molecule has 2 N–H and O–H groups in total. The second-order valence-electron chi connectivity index (χ2n) is 8.10. The van der Waals surface area contributed by atoms with Crippen molar-refractivity contribution < 1.29 is 19.1 Å². The van der Waals surface area contributed by atoms with Crippen LogP contribution in [0.5, 0.6) is 0 Å². The van der Waals surface area contributed by atoms with Crippen molar-refractivity contribution >= 4 is 29.4 Å². The van der Waals surface area contributed by atoms with Crippen molar-refractivity contribution in [3.63, 3.8) is 0 Å². The molecule has 34 heavy (non-hydrogen) atoms. The third-order valence-electron chi connectivity index (χ3n) is 5.24. The zero-order valence-corrected chi connectivity index (χ0v) is 19.8. The normalized spacial score (nSPS) is 11.7. The molecule has 0 aliphatic carbocycles. The average Bonchev–Trinajstić information content (AvgIpc) is 2.85. The maximum Gasteiger partial charge on any atom is 0.329 e. The van der Waals surface area contributed by atoms with Gasteiger partial charge in [-0.05, 0) is 29.2 Å². The first-order valence-electron chi connectivity index (χ1n) is 11.0. The van der Waals surface area contributed by atoms with Crippen LogP contribution in [0, 0.1) is 5.92 Å². The number of nitrogens with one attached hydrogen (secondary N) is 2. The summed E-state index contributed by atoms with van der Waals surface area (Å²) in [4.78, 5) is 38.0. The van der Waals surface area contributed by atoms with E-state index in [2.05, 4.69) is 10.6 Å². The molecule has 0 bridgehead atoms. The Morgan fingerprint density at radius 2 is 1.32 bits per heavy atom. The number of hydrogen-bond acceptors (Lipinski definition) is 4. The number of rotatable bonds is 9. The fourth-order valence-corrected chi connectivity index (χ4v) is 3.66. The Bertz CT molecular complexity index is 1080. The first-order valence-corrected chi connectivity index (χ1v) is 11.4. The standard InChI is InChI=1S/C27H27ClN2O4/c1-18(2)24(30-26(32)21-15-9-10-16-22(21)28)27(33)34-17-23(31)29-25(19-11-5-3-6-12-19)20-13-7-4-8-14-20/h3-16,18,24-25H,17H2,1-2H3,(H,29,31)(H,30,32). The van der Waals surface area contributed by atoms with Crippen molar-refractivity contribution in [1.29, 1.82) is 0 Å². The van der Waals surface area contributed by atoms with Crippen LogP contribution < -0.4 is 10.6 Å². The highest BCUT2D eigenvalue weighted by molar-refractivity contribution is 6.33. The maximum absolute atomic E-state index is 12.7. The summed E-state index contributed by atoms with van der Waals surface area (Å²) in [5.41, 5.74) is 2.06. The molecular weight excluding hydrogens is 452 g/mol. The fraction of sp³-hybridized carbons (Fsp3) is 0.222. The molecule has 0 fully saturated rings. The molecule has 0 saturated heterocycles. The minimum Gasteiger partial charge on any atom is -0.454 e. The smallest absolute Gasteiger partial charge is 0.329 e. The lowest BCUT2D eigenvalue weighted by Crippen LogP contribution is -2.46. The summed E-state index contributed by atoms with van der Waals surface area (Å²) in [6, 6.07) is 24.3. The van der Waals surface area contributed by atoms with Crippen molar-refractivity contribution in [3.8, 4) is 0 Å². The predicted molar refractivity (Wildman–Crippen MR) is 131 cm³/mol. The van der Waals surface area contributed by atoms with E-state index in [4.69, 9.17) is 16.3 Å². The van der Waals surface area contributed by atoms with E-state index in [1.54, 1.807) is 38.1 Å². The fourth-order valence-electron chi connectivity index (χ4n) is 3.44. The van der Waals surface area contributed by atoms with Gasteiger partial charge in [0.1, 0.15) is 6.04 Å². The van der Waals surface area contributed by atoms with Gasteiger partial charge in [-0.25, -0.2) is 4.79 Å². The van der Waals surface area contributed by atoms with Gasteiger partial charge in [0.15, 0.2) is 6.61 Å². The lowest BCUT2D eigenvalue weighted by atomic mass is 9.99. The van der Waals surface area contributed by atoms with Crippen LogP contribution in [0.3, 0.4) is 0 Å². The second-order valence-corrected chi connectivity index (χ2v) is 8.51. The van der Waals surface area contributed by atoms with E-state index >= 15 is 0 Å². The molecule has 2 amide bonds. The van der Waals surface area contributed by atoms with E-state index in [9.17, 15) is 14.4 Å². The topological polar surface area (TPSA) is 84.5 Å². The zero-order valence-electron chi connectivity index (χ0n) is 19.0. The van der Waals surface area contributed by atoms with Crippen LogP contribution in [-0.2, 0) is 14.3 Å². The Morgan fingerprint density at radius 1 is 0.794 bits per heavy atom. The molecule has 0 saturated carbocycles. The monoisotopic (exact) mass is 478 g/mol. The molecular formula is C27H27ClN2O4. The van der Waals surface area contributed by atoms with Crippen molar-refractivity contribution in [3.05, 3.63) is 107 Å². The van der Waals surface area contributed by atoms with Gasteiger partial charge in [0.2, 0.25) is 0 Å². The lowest BCUT2D eigenvalue weighted by molar-refractivity contribution is -0.151. The van der Waals surface area contributed by atoms with Gasteiger partial charge in [0.25, 0.3) is 11.8 Å². The van der Waals surface area contributed by atoms with E-state index < -0.39 is 36.5 Å². The number of carbonyl (C=O) groups is 3. The minimum atomic E-state index is -0.935. The summed E-state index contributed by atoms with van der Waals surface area (Å²) in [6.07, 6.45) is 0. The van der Waals surface area contributed by atoms with E-state index in [1.807, 2.05) is 60.7 Å². The number of halogens is 1. The predicted octanol–water partition coefficient (Wildman–Crippen LogP) is 4.54. The van der Waals surface area contributed by atoms with Crippen molar-refractivity contribution in [2.75, 3.05) is 6.61 Å². The first kappa shape index (κ1) is 25.0. The van der Waals surface area contributed by atoms with Gasteiger partial charge in [0.05, 0.1) is 16.6 Å². The van der Waals surface area contributed by atoms with Crippen molar-refractivity contribution in [2.45, 2.75) is 25.9 Å². The van der Waals surface area contributed by atoms with Gasteiger partial charge in [-0.2, -0.15) is 0 Å². The highest BCUT2D eigenvalue weighted by atomic mass is 35.5. The van der Waals surface area contributed by atoms with E-state index in [-0.39, 0.29) is 16.5 Å². The van der Waals surface area contributed by atoms with Gasteiger partial charge in [-0.15, -0.1) is 0 Å². The van der Waals surface area contributed by atoms with Gasteiger partial charge in [0, 0.05) is 0 Å². The summed E-state index contributed by atoms with van der Waals surface area (Å²) in [7, 11) is 0. The molecule has 0 spiro atoms. The number of esters is 1. The molecule has 3 rings (SSSR count). The van der Waals surface area contributed by atoms with Crippen LogP contribution in [0.1, 0.15) is 41.4 Å². The highest BCUT2D eigenvalue weighted by Gasteiger charge is 2.28. The third kappa shape index (κ3) is 6.68. The Labute approximate surface area is 204 Å². The maximum atomic E-state index is 12.7. The lowest BCUT2D eigenvalue weighted by Gasteiger charge is -2.22. The quantitative estimate of drug-likeness (QED) is 0.442. The average molecular weight is 479 g/mol. The SMILES string of the molecule is CC(C)C(NC(=O)c1ccccc1Cl)C(=O)OCC(=O)NC(c1ccccc1)c1ccccc1. The Morgan fingerprint density at radius 3 is 1.85 bits per heavy atom. The number of hydrogen-bond donors (Lipinski definition) is 2. The summed E-state index contributed by atoms with van der Waals surface area (Å²) in [5.74, 6) is -1.89.